The Bertz CT molecular complexity index is 981. The molecule has 1 amide bonds. The topological polar surface area (TPSA) is 84.9 Å². The molecule has 3 aromatic carbocycles. The largest absolute Gasteiger partial charge is 0.490 e. The Labute approximate surface area is 168 Å². The number of nitrogens with one attached hydrogen (secondary N) is 1. The van der Waals surface area contributed by atoms with Gasteiger partial charge in [-0.05, 0) is 67.1 Å². The highest BCUT2D eigenvalue weighted by Gasteiger charge is 2.08. The van der Waals surface area contributed by atoms with E-state index in [-0.39, 0.29) is 11.5 Å². The molecule has 3 rings (SSSR count). The van der Waals surface area contributed by atoms with E-state index in [0.717, 1.165) is 11.3 Å². The van der Waals surface area contributed by atoms with Gasteiger partial charge in [-0.25, -0.2) is 4.79 Å². The standard InChI is InChI=1S/C23H21NO5/c1-16-4-2-3-5-21(16)24-22(25)17-6-10-19(11-7-17)28-14-15-29-20-12-8-18(9-13-20)23(26)27/h2-13H,14-15H2,1H3,(H,24,25)(H,26,27). The number of amides is 1. The zero-order chi connectivity index (χ0) is 20.6. The molecule has 0 aliphatic rings. The lowest BCUT2D eigenvalue weighted by Crippen LogP contribution is -2.13. The van der Waals surface area contributed by atoms with Gasteiger partial charge in [-0.15, -0.1) is 0 Å². The van der Waals surface area contributed by atoms with Crippen molar-refractivity contribution in [1.82, 2.24) is 0 Å². The number of aryl methyl sites for hydroxylation is 1. The number of ether oxygens (including phenoxy) is 2. The lowest BCUT2D eigenvalue weighted by atomic mass is 10.1. The van der Waals surface area contributed by atoms with E-state index in [1.54, 1.807) is 36.4 Å². The molecule has 3 aromatic rings. The van der Waals surface area contributed by atoms with Crippen LogP contribution in [0.5, 0.6) is 11.5 Å². The molecule has 0 aliphatic heterocycles. The van der Waals surface area contributed by atoms with Gasteiger partial charge in [-0.2, -0.15) is 0 Å². The van der Waals surface area contributed by atoms with Crippen LogP contribution in [-0.4, -0.2) is 30.2 Å². The summed E-state index contributed by atoms with van der Waals surface area (Å²) in [5, 5.41) is 11.8. The first-order valence-electron chi connectivity index (χ1n) is 9.09. The Kier molecular flexibility index (Phi) is 6.47. The zero-order valence-electron chi connectivity index (χ0n) is 15.9. The van der Waals surface area contributed by atoms with Gasteiger partial charge in [0.1, 0.15) is 24.7 Å². The number of anilines is 1. The number of hydrogen-bond acceptors (Lipinski definition) is 4. The predicted octanol–water partition coefficient (Wildman–Crippen LogP) is 4.40. The van der Waals surface area contributed by atoms with Crippen molar-refractivity contribution in [2.45, 2.75) is 6.92 Å². The van der Waals surface area contributed by atoms with Crippen LogP contribution in [-0.2, 0) is 0 Å². The molecule has 0 fully saturated rings. The maximum absolute atomic E-state index is 12.4. The molecule has 0 saturated carbocycles. The molecule has 0 bridgehead atoms. The molecule has 0 atom stereocenters. The highest BCUT2D eigenvalue weighted by molar-refractivity contribution is 6.04. The van der Waals surface area contributed by atoms with Gasteiger partial charge in [0.25, 0.3) is 5.91 Å². The third-order valence-electron chi connectivity index (χ3n) is 4.23. The van der Waals surface area contributed by atoms with Crippen LogP contribution in [0.1, 0.15) is 26.3 Å². The van der Waals surface area contributed by atoms with Crippen LogP contribution >= 0.6 is 0 Å². The summed E-state index contributed by atoms with van der Waals surface area (Å²) < 4.78 is 11.1. The van der Waals surface area contributed by atoms with Crippen LogP contribution in [0.15, 0.2) is 72.8 Å². The van der Waals surface area contributed by atoms with Crippen LogP contribution in [0, 0.1) is 6.92 Å². The SMILES string of the molecule is Cc1ccccc1NC(=O)c1ccc(OCCOc2ccc(C(=O)O)cc2)cc1. The van der Waals surface area contributed by atoms with Crippen molar-refractivity contribution in [3.05, 3.63) is 89.5 Å². The number of carbonyl (C=O) groups excluding carboxylic acids is 1. The first kappa shape index (κ1) is 19.9. The number of hydrogen-bond donors (Lipinski definition) is 2. The highest BCUT2D eigenvalue weighted by Crippen LogP contribution is 2.17. The molecular formula is C23H21NO5. The van der Waals surface area contributed by atoms with E-state index in [1.165, 1.54) is 12.1 Å². The molecular weight excluding hydrogens is 370 g/mol. The number of benzene rings is 3. The van der Waals surface area contributed by atoms with E-state index in [1.807, 2.05) is 31.2 Å². The van der Waals surface area contributed by atoms with Crippen LogP contribution < -0.4 is 14.8 Å². The van der Waals surface area contributed by atoms with Crippen LogP contribution in [0.3, 0.4) is 0 Å². The number of carbonyl (C=O) groups is 2. The summed E-state index contributed by atoms with van der Waals surface area (Å²) in [5.74, 6) is 0.0407. The Morgan fingerprint density at radius 1 is 0.793 bits per heavy atom. The minimum Gasteiger partial charge on any atom is -0.490 e. The van der Waals surface area contributed by atoms with Crippen molar-refractivity contribution in [2.75, 3.05) is 18.5 Å². The average molecular weight is 391 g/mol. The van der Waals surface area contributed by atoms with Crippen LogP contribution in [0.25, 0.3) is 0 Å². The molecule has 6 heteroatoms. The number of carboxylic acids is 1. The van der Waals surface area contributed by atoms with Crippen molar-refractivity contribution in [3.8, 4) is 11.5 Å². The molecule has 0 radical (unpaired) electrons. The Morgan fingerprint density at radius 2 is 1.31 bits per heavy atom. The van der Waals surface area contributed by atoms with Crippen molar-refractivity contribution < 1.29 is 24.2 Å². The van der Waals surface area contributed by atoms with Gasteiger partial charge < -0.3 is 19.9 Å². The Balaban J connectivity index is 1.46. The first-order chi connectivity index (χ1) is 14.0. The molecule has 2 N–H and O–H groups in total. The molecule has 0 heterocycles. The molecule has 0 saturated heterocycles. The summed E-state index contributed by atoms with van der Waals surface area (Å²) >= 11 is 0. The fourth-order valence-corrected chi connectivity index (χ4v) is 2.62. The van der Waals surface area contributed by atoms with E-state index in [9.17, 15) is 9.59 Å². The van der Waals surface area contributed by atoms with Gasteiger partial charge in [0, 0.05) is 11.3 Å². The second kappa shape index (κ2) is 9.41. The van der Waals surface area contributed by atoms with Crippen LogP contribution in [0.2, 0.25) is 0 Å². The predicted molar refractivity (Wildman–Crippen MR) is 110 cm³/mol. The molecule has 148 valence electrons. The number of carboxylic acid groups (broad SMARTS) is 1. The van der Waals surface area contributed by atoms with Gasteiger partial charge in [0.2, 0.25) is 0 Å². The summed E-state index contributed by atoms with van der Waals surface area (Å²) in [6.45, 7) is 2.56. The highest BCUT2D eigenvalue weighted by atomic mass is 16.5. The third kappa shape index (κ3) is 5.59. The second-order valence-electron chi connectivity index (χ2n) is 6.32. The molecule has 0 aliphatic carbocycles. The summed E-state index contributed by atoms with van der Waals surface area (Å²) in [6.07, 6.45) is 0. The van der Waals surface area contributed by atoms with Crippen molar-refractivity contribution in [3.63, 3.8) is 0 Å². The summed E-state index contributed by atoms with van der Waals surface area (Å²) in [4.78, 5) is 23.2. The molecule has 0 spiro atoms. The van der Waals surface area contributed by atoms with Crippen molar-refractivity contribution in [1.29, 1.82) is 0 Å². The molecule has 0 unspecified atom stereocenters. The normalized spacial score (nSPS) is 10.2. The quantitative estimate of drug-likeness (QED) is 0.556. The van der Waals surface area contributed by atoms with Gasteiger partial charge in [0.05, 0.1) is 5.56 Å². The average Bonchev–Trinajstić information content (AvgIpc) is 2.73. The minimum absolute atomic E-state index is 0.181. The van der Waals surface area contributed by atoms with Crippen molar-refractivity contribution >= 4 is 17.6 Å². The van der Waals surface area contributed by atoms with Gasteiger partial charge in [0.15, 0.2) is 0 Å². The van der Waals surface area contributed by atoms with E-state index in [0.29, 0.717) is 30.3 Å². The maximum Gasteiger partial charge on any atom is 0.335 e. The molecule has 0 aromatic heterocycles. The molecule has 29 heavy (non-hydrogen) atoms. The lowest BCUT2D eigenvalue weighted by Gasteiger charge is -2.10. The Morgan fingerprint density at radius 3 is 1.83 bits per heavy atom. The zero-order valence-corrected chi connectivity index (χ0v) is 15.9. The minimum atomic E-state index is -0.976. The van der Waals surface area contributed by atoms with E-state index < -0.39 is 5.97 Å². The summed E-state index contributed by atoms with van der Waals surface area (Å²) in [7, 11) is 0. The van der Waals surface area contributed by atoms with Gasteiger partial charge >= 0.3 is 5.97 Å². The van der Waals surface area contributed by atoms with Gasteiger partial charge in [-0.3, -0.25) is 4.79 Å². The van der Waals surface area contributed by atoms with E-state index >= 15 is 0 Å². The third-order valence-corrected chi connectivity index (χ3v) is 4.23. The smallest absolute Gasteiger partial charge is 0.335 e. The molecule has 6 nitrogen and oxygen atoms in total. The number of aromatic carboxylic acids is 1. The summed E-state index contributed by atoms with van der Waals surface area (Å²) in [5.41, 5.74) is 2.53. The summed E-state index contributed by atoms with van der Waals surface area (Å²) in [6, 6.07) is 20.6. The number of para-hydroxylation sites is 1. The van der Waals surface area contributed by atoms with Crippen molar-refractivity contribution in [2.24, 2.45) is 0 Å². The van der Waals surface area contributed by atoms with Crippen LogP contribution in [0.4, 0.5) is 5.69 Å². The lowest BCUT2D eigenvalue weighted by molar-refractivity contribution is 0.0696. The fraction of sp³-hybridized carbons (Fsp3) is 0.130. The van der Waals surface area contributed by atoms with Gasteiger partial charge in [-0.1, -0.05) is 18.2 Å². The van der Waals surface area contributed by atoms with E-state index in [4.69, 9.17) is 14.6 Å². The monoisotopic (exact) mass is 391 g/mol. The number of rotatable bonds is 8. The maximum atomic E-state index is 12.4. The van der Waals surface area contributed by atoms with E-state index in [2.05, 4.69) is 5.32 Å². The first-order valence-corrected chi connectivity index (χ1v) is 9.09. The second-order valence-corrected chi connectivity index (χ2v) is 6.32. The Hall–Kier alpha value is -3.80. The fourth-order valence-electron chi connectivity index (χ4n) is 2.62.